The van der Waals surface area contributed by atoms with E-state index < -0.39 is 10.0 Å². The van der Waals surface area contributed by atoms with Crippen LogP contribution in [0.1, 0.15) is 15.3 Å². The molecule has 0 aliphatic rings. The van der Waals surface area contributed by atoms with Gasteiger partial charge >= 0.3 is 0 Å². The molecule has 2 rings (SSSR count). The third kappa shape index (κ3) is 3.60. The van der Waals surface area contributed by atoms with E-state index in [-0.39, 0.29) is 11.5 Å². The Kier molecular flexibility index (Phi) is 5.22. The van der Waals surface area contributed by atoms with Crippen LogP contribution in [0, 0.1) is 6.92 Å². The average Bonchev–Trinajstić information content (AvgIpc) is 2.95. The van der Waals surface area contributed by atoms with E-state index in [2.05, 4.69) is 4.72 Å². The van der Waals surface area contributed by atoms with Crippen molar-refractivity contribution >= 4 is 44.3 Å². The number of aryl methyl sites for hydroxylation is 1. The number of hydrogen-bond acceptors (Lipinski definition) is 5. The van der Waals surface area contributed by atoms with Gasteiger partial charge in [-0.15, -0.1) is 22.7 Å². The van der Waals surface area contributed by atoms with Crippen molar-refractivity contribution in [1.29, 1.82) is 0 Å². The lowest BCUT2D eigenvalue weighted by Gasteiger charge is -2.07. The normalized spacial score (nSPS) is 11.9. The Morgan fingerprint density at radius 2 is 2.15 bits per heavy atom. The average molecular weight is 352 g/mol. The molecule has 2 aromatic rings. The monoisotopic (exact) mass is 351 g/mol. The minimum absolute atomic E-state index is 0.203. The molecular weight excluding hydrogens is 338 g/mol. The highest BCUT2D eigenvalue weighted by atomic mass is 35.5. The number of aliphatic hydroxyl groups excluding tert-OH is 1. The Hall–Kier alpha value is -0.440. The minimum Gasteiger partial charge on any atom is -0.391 e. The van der Waals surface area contributed by atoms with Crippen LogP contribution in [-0.2, 0) is 23.1 Å². The Morgan fingerprint density at radius 3 is 2.75 bits per heavy atom. The standard InChI is InChI=1S/C12H14ClNO3S3/c1-8-7-18-10(6-15)12(8)20(16,17)14-5-4-9-2-3-11(13)19-9/h2-3,7,14-15H,4-6H2,1H3. The first-order valence-electron chi connectivity index (χ1n) is 5.85. The molecule has 20 heavy (non-hydrogen) atoms. The van der Waals surface area contributed by atoms with Crippen LogP contribution in [0.15, 0.2) is 22.4 Å². The molecule has 0 unspecified atom stereocenters. The van der Waals surface area contributed by atoms with Gasteiger partial charge in [-0.3, -0.25) is 0 Å². The molecule has 0 saturated heterocycles. The zero-order valence-corrected chi connectivity index (χ0v) is 13.9. The number of thiophene rings is 2. The van der Waals surface area contributed by atoms with E-state index in [4.69, 9.17) is 11.6 Å². The Labute approximate surface area is 131 Å². The predicted molar refractivity (Wildman–Crippen MR) is 83.2 cm³/mol. The van der Waals surface area contributed by atoms with E-state index >= 15 is 0 Å². The molecule has 2 aromatic heterocycles. The van der Waals surface area contributed by atoms with Gasteiger partial charge in [0.05, 0.1) is 15.8 Å². The van der Waals surface area contributed by atoms with Crippen LogP contribution < -0.4 is 4.72 Å². The van der Waals surface area contributed by atoms with Crippen molar-refractivity contribution in [2.24, 2.45) is 0 Å². The summed E-state index contributed by atoms with van der Waals surface area (Å²) in [4.78, 5) is 1.70. The van der Waals surface area contributed by atoms with E-state index in [1.54, 1.807) is 18.4 Å². The molecule has 0 fully saturated rings. The highest BCUT2D eigenvalue weighted by molar-refractivity contribution is 7.89. The first kappa shape index (κ1) is 15.9. The molecule has 0 aliphatic heterocycles. The first-order valence-corrected chi connectivity index (χ1v) is 9.41. The molecule has 2 N–H and O–H groups in total. The highest BCUT2D eigenvalue weighted by Crippen LogP contribution is 2.27. The van der Waals surface area contributed by atoms with Crippen molar-refractivity contribution in [1.82, 2.24) is 4.72 Å². The maximum absolute atomic E-state index is 12.3. The largest absolute Gasteiger partial charge is 0.391 e. The van der Waals surface area contributed by atoms with Gasteiger partial charge in [0.1, 0.15) is 4.90 Å². The summed E-state index contributed by atoms with van der Waals surface area (Å²) in [5, 5.41) is 10.9. The van der Waals surface area contributed by atoms with Gasteiger partial charge in [0.25, 0.3) is 0 Å². The third-order valence-corrected chi connectivity index (χ3v) is 6.89. The number of sulfonamides is 1. The van der Waals surface area contributed by atoms with Crippen LogP contribution in [0.4, 0.5) is 0 Å². The van der Waals surface area contributed by atoms with Gasteiger partial charge in [-0.1, -0.05) is 11.6 Å². The number of aliphatic hydroxyl groups is 1. The molecule has 0 saturated carbocycles. The van der Waals surface area contributed by atoms with Crippen molar-refractivity contribution in [2.75, 3.05) is 6.54 Å². The highest BCUT2D eigenvalue weighted by Gasteiger charge is 2.22. The summed E-state index contributed by atoms with van der Waals surface area (Å²) < 4.78 is 27.8. The summed E-state index contributed by atoms with van der Waals surface area (Å²) in [6.45, 7) is 1.76. The lowest BCUT2D eigenvalue weighted by molar-refractivity contribution is 0.282. The van der Waals surface area contributed by atoms with Crippen LogP contribution in [-0.4, -0.2) is 20.1 Å². The maximum atomic E-state index is 12.3. The second-order valence-electron chi connectivity index (χ2n) is 4.18. The minimum atomic E-state index is -3.58. The van der Waals surface area contributed by atoms with Crippen molar-refractivity contribution < 1.29 is 13.5 Å². The van der Waals surface area contributed by atoms with Crippen molar-refractivity contribution in [3.8, 4) is 0 Å². The van der Waals surface area contributed by atoms with Gasteiger partial charge in [0, 0.05) is 11.4 Å². The molecular formula is C12H14ClNO3S3. The van der Waals surface area contributed by atoms with Crippen molar-refractivity contribution in [3.05, 3.63) is 37.2 Å². The van der Waals surface area contributed by atoms with Crippen molar-refractivity contribution in [2.45, 2.75) is 24.8 Å². The SMILES string of the molecule is Cc1csc(CO)c1S(=O)(=O)NCCc1ccc(Cl)s1. The van der Waals surface area contributed by atoms with Crippen molar-refractivity contribution in [3.63, 3.8) is 0 Å². The summed E-state index contributed by atoms with van der Waals surface area (Å²) in [6, 6.07) is 3.68. The van der Waals surface area contributed by atoms with E-state index in [1.165, 1.54) is 22.7 Å². The van der Waals surface area contributed by atoms with Crippen LogP contribution in [0.3, 0.4) is 0 Å². The van der Waals surface area contributed by atoms with Gasteiger partial charge < -0.3 is 5.11 Å². The molecule has 8 heteroatoms. The second kappa shape index (κ2) is 6.55. The van der Waals surface area contributed by atoms with E-state index in [1.807, 2.05) is 6.07 Å². The molecule has 0 radical (unpaired) electrons. The van der Waals surface area contributed by atoms with Crippen LogP contribution in [0.25, 0.3) is 0 Å². The fourth-order valence-electron chi connectivity index (χ4n) is 1.82. The summed E-state index contributed by atoms with van der Waals surface area (Å²) in [5.74, 6) is 0. The molecule has 110 valence electrons. The van der Waals surface area contributed by atoms with E-state index in [9.17, 15) is 13.5 Å². The molecule has 0 aliphatic carbocycles. The fourth-order valence-corrected chi connectivity index (χ4v) is 5.60. The smallest absolute Gasteiger partial charge is 0.242 e. The molecule has 0 amide bonds. The molecule has 0 spiro atoms. The Balaban J connectivity index is 2.06. The second-order valence-corrected chi connectivity index (χ2v) is 8.65. The third-order valence-electron chi connectivity index (χ3n) is 2.69. The number of nitrogens with one attached hydrogen (secondary N) is 1. The zero-order chi connectivity index (χ0) is 14.8. The molecule has 0 bridgehead atoms. The van der Waals surface area contributed by atoms with Gasteiger partial charge in [-0.25, -0.2) is 13.1 Å². The van der Waals surface area contributed by atoms with E-state index in [0.29, 0.717) is 27.7 Å². The van der Waals surface area contributed by atoms with Gasteiger partial charge in [-0.2, -0.15) is 0 Å². The van der Waals surface area contributed by atoms with Gasteiger partial charge in [-0.05, 0) is 36.4 Å². The van der Waals surface area contributed by atoms with Crippen LogP contribution >= 0.6 is 34.3 Å². The number of rotatable bonds is 6. The fraction of sp³-hybridized carbons (Fsp3) is 0.333. The summed E-state index contributed by atoms with van der Waals surface area (Å²) in [6.07, 6.45) is 0.592. The van der Waals surface area contributed by atoms with Crippen LogP contribution in [0.2, 0.25) is 4.34 Å². The summed E-state index contributed by atoms with van der Waals surface area (Å²) >= 11 is 8.52. The Bertz CT molecular complexity index is 691. The Morgan fingerprint density at radius 1 is 1.40 bits per heavy atom. The quantitative estimate of drug-likeness (QED) is 0.841. The van der Waals surface area contributed by atoms with Gasteiger partial charge in [0.2, 0.25) is 10.0 Å². The topological polar surface area (TPSA) is 66.4 Å². The predicted octanol–water partition coefficient (Wildman–Crippen LogP) is 2.78. The van der Waals surface area contributed by atoms with E-state index in [0.717, 1.165) is 4.88 Å². The number of halogens is 1. The summed E-state index contributed by atoms with van der Waals surface area (Å²) in [7, 11) is -3.58. The van der Waals surface area contributed by atoms with Crippen LogP contribution in [0.5, 0.6) is 0 Å². The molecule has 4 nitrogen and oxygen atoms in total. The zero-order valence-electron chi connectivity index (χ0n) is 10.7. The lowest BCUT2D eigenvalue weighted by atomic mass is 10.3. The maximum Gasteiger partial charge on any atom is 0.242 e. The lowest BCUT2D eigenvalue weighted by Crippen LogP contribution is -2.26. The summed E-state index contributed by atoms with van der Waals surface area (Å²) in [5.41, 5.74) is 0.658. The molecule has 0 aromatic carbocycles. The molecule has 2 heterocycles. The number of hydrogen-bond donors (Lipinski definition) is 2. The first-order chi connectivity index (χ1) is 9.44. The van der Waals surface area contributed by atoms with Gasteiger partial charge in [0.15, 0.2) is 0 Å². The molecule has 0 atom stereocenters.